The smallest absolute Gasteiger partial charge is 0.322 e. The quantitative estimate of drug-likeness (QED) is 0.214. The monoisotopic (exact) mass is 372 g/mol. The number of carbonyl (C=O) groups excluding carboxylic acids is 3. The normalized spacial score (nSPS) is 12.7. The number of aromatic amines is 1. The molecule has 1 heterocycles. The van der Waals surface area contributed by atoms with Gasteiger partial charge in [0.15, 0.2) is 0 Å². The van der Waals surface area contributed by atoms with E-state index in [0.29, 0.717) is 5.69 Å². The Labute approximate surface area is 148 Å². The molecule has 2 unspecified atom stereocenters. The molecule has 0 bridgehead atoms. The van der Waals surface area contributed by atoms with Crippen LogP contribution in [0.15, 0.2) is 12.5 Å². The Balaban J connectivity index is 2.79. The fourth-order valence-electron chi connectivity index (χ4n) is 1.83. The van der Waals surface area contributed by atoms with Crippen molar-refractivity contribution in [2.24, 2.45) is 5.73 Å². The Morgan fingerprint density at radius 3 is 2.48 bits per heavy atom. The lowest BCUT2D eigenvalue weighted by Gasteiger charge is -2.21. The number of thiol groups is 1. The second kappa shape index (κ2) is 10.3. The number of carboxylic acids is 1. The maximum atomic E-state index is 12.3. The van der Waals surface area contributed by atoms with Gasteiger partial charge in [-0.1, -0.05) is 0 Å². The Bertz CT molecular complexity index is 608. The average Bonchev–Trinajstić information content (AvgIpc) is 3.09. The van der Waals surface area contributed by atoms with Gasteiger partial charge in [0, 0.05) is 24.1 Å². The Morgan fingerprint density at radius 2 is 1.96 bits per heavy atom. The topological polar surface area (TPSA) is 179 Å². The van der Waals surface area contributed by atoms with Gasteiger partial charge in [0.05, 0.1) is 12.9 Å². The highest BCUT2D eigenvalue weighted by Crippen LogP contribution is 2.00. The van der Waals surface area contributed by atoms with Crippen LogP contribution in [0.4, 0.5) is 0 Å². The predicted octanol–water partition coefficient (Wildman–Crippen LogP) is -2.99. The molecular weight excluding hydrogens is 352 g/mol. The van der Waals surface area contributed by atoms with Gasteiger partial charge in [0.25, 0.3) is 0 Å². The van der Waals surface area contributed by atoms with E-state index in [1.165, 1.54) is 12.5 Å². The van der Waals surface area contributed by atoms with E-state index in [0.717, 1.165) is 0 Å². The molecule has 11 nitrogen and oxygen atoms in total. The largest absolute Gasteiger partial charge is 0.480 e. The van der Waals surface area contributed by atoms with Crippen LogP contribution >= 0.6 is 12.6 Å². The summed E-state index contributed by atoms with van der Waals surface area (Å²) in [5.74, 6) is -3.11. The summed E-state index contributed by atoms with van der Waals surface area (Å²) < 4.78 is 0. The zero-order valence-electron chi connectivity index (χ0n) is 13.2. The van der Waals surface area contributed by atoms with Crippen LogP contribution in [0, 0.1) is 0 Å². The lowest BCUT2D eigenvalue weighted by atomic mass is 10.1. The molecule has 1 aromatic heterocycles. The van der Waals surface area contributed by atoms with Crippen LogP contribution < -0.4 is 21.7 Å². The molecule has 0 aliphatic heterocycles. The van der Waals surface area contributed by atoms with Crippen LogP contribution in [0.3, 0.4) is 0 Å². The summed E-state index contributed by atoms with van der Waals surface area (Å²) in [6, 6.07) is -2.06. The van der Waals surface area contributed by atoms with Gasteiger partial charge in [-0.15, -0.1) is 0 Å². The van der Waals surface area contributed by atoms with Gasteiger partial charge in [-0.2, -0.15) is 12.6 Å². The third kappa shape index (κ3) is 7.22. The summed E-state index contributed by atoms with van der Waals surface area (Å²) in [7, 11) is 0. The Morgan fingerprint density at radius 1 is 1.24 bits per heavy atom. The van der Waals surface area contributed by atoms with Crippen LogP contribution in [-0.4, -0.2) is 69.7 Å². The minimum atomic E-state index is -1.22. The number of hydrogen-bond acceptors (Lipinski definition) is 7. The van der Waals surface area contributed by atoms with Crippen molar-refractivity contribution < 1.29 is 24.3 Å². The van der Waals surface area contributed by atoms with Crippen LogP contribution in [0.5, 0.6) is 0 Å². The van der Waals surface area contributed by atoms with Crippen LogP contribution in [0.2, 0.25) is 0 Å². The number of H-pyrrole nitrogens is 1. The second-order valence-corrected chi connectivity index (χ2v) is 5.33. The predicted molar refractivity (Wildman–Crippen MR) is 89.7 cm³/mol. The minimum Gasteiger partial charge on any atom is -0.480 e. The third-order valence-corrected chi connectivity index (χ3v) is 3.41. The van der Waals surface area contributed by atoms with Gasteiger partial charge < -0.3 is 31.8 Å². The maximum Gasteiger partial charge on any atom is 0.322 e. The summed E-state index contributed by atoms with van der Waals surface area (Å²) in [4.78, 5) is 52.9. The van der Waals surface area contributed by atoms with Crippen LogP contribution in [0.25, 0.3) is 0 Å². The van der Waals surface area contributed by atoms with Crippen molar-refractivity contribution in [1.82, 2.24) is 25.9 Å². The third-order valence-electron chi connectivity index (χ3n) is 3.05. The van der Waals surface area contributed by atoms with Crippen molar-refractivity contribution in [3.8, 4) is 0 Å². The van der Waals surface area contributed by atoms with Crippen molar-refractivity contribution in [1.29, 1.82) is 0 Å². The van der Waals surface area contributed by atoms with Crippen LogP contribution in [0.1, 0.15) is 5.69 Å². The highest BCUT2D eigenvalue weighted by Gasteiger charge is 2.26. The molecule has 2 atom stereocenters. The molecule has 0 fully saturated rings. The Kier molecular flexibility index (Phi) is 8.43. The molecule has 1 rings (SSSR count). The number of hydrogen-bond donors (Lipinski definition) is 7. The molecular formula is C13H20N6O5S. The van der Waals surface area contributed by atoms with Gasteiger partial charge >= 0.3 is 5.97 Å². The number of carbonyl (C=O) groups is 4. The number of rotatable bonds is 10. The number of nitrogens with one attached hydrogen (secondary N) is 4. The fraction of sp³-hybridized carbons (Fsp3) is 0.462. The van der Waals surface area contributed by atoms with E-state index in [2.05, 4.69) is 38.5 Å². The zero-order valence-corrected chi connectivity index (χ0v) is 14.1. The SMILES string of the molecule is NCC(=O)NC(CS)C(=O)NC(Cc1cnc[nH]1)C(=O)NCC(=O)O. The maximum absolute atomic E-state index is 12.3. The molecule has 0 aliphatic rings. The summed E-state index contributed by atoms with van der Waals surface area (Å²) >= 11 is 3.99. The van der Waals surface area contributed by atoms with Gasteiger partial charge in [-0.3, -0.25) is 19.2 Å². The van der Waals surface area contributed by atoms with Gasteiger partial charge in [-0.25, -0.2) is 4.98 Å². The molecule has 25 heavy (non-hydrogen) atoms. The first kappa shape index (κ1) is 20.4. The number of nitrogens with two attached hydrogens (primary N) is 1. The summed E-state index contributed by atoms with van der Waals surface area (Å²) in [5.41, 5.74) is 5.74. The van der Waals surface area contributed by atoms with E-state index in [1.807, 2.05) is 0 Å². The number of amides is 3. The minimum absolute atomic E-state index is 0.00883. The van der Waals surface area contributed by atoms with Crippen molar-refractivity contribution in [3.63, 3.8) is 0 Å². The molecule has 7 N–H and O–H groups in total. The molecule has 0 saturated heterocycles. The number of carboxylic acid groups (broad SMARTS) is 1. The van der Waals surface area contributed by atoms with Gasteiger partial charge in [0.2, 0.25) is 17.7 Å². The van der Waals surface area contributed by atoms with Crippen molar-refractivity contribution in [2.45, 2.75) is 18.5 Å². The molecule has 3 amide bonds. The molecule has 0 spiro atoms. The highest BCUT2D eigenvalue weighted by atomic mass is 32.1. The Hall–Kier alpha value is -2.60. The first-order chi connectivity index (χ1) is 11.9. The molecule has 0 radical (unpaired) electrons. The summed E-state index contributed by atoms with van der Waals surface area (Å²) in [6.45, 7) is -0.887. The first-order valence-corrected chi connectivity index (χ1v) is 7.88. The molecule has 0 aliphatic carbocycles. The van der Waals surface area contributed by atoms with Gasteiger partial charge in [-0.05, 0) is 0 Å². The zero-order chi connectivity index (χ0) is 18.8. The second-order valence-electron chi connectivity index (χ2n) is 4.96. The van der Waals surface area contributed by atoms with Crippen molar-refractivity contribution >= 4 is 36.3 Å². The number of aromatic nitrogens is 2. The van der Waals surface area contributed by atoms with Crippen molar-refractivity contribution in [2.75, 3.05) is 18.8 Å². The molecule has 0 saturated carbocycles. The van der Waals surface area contributed by atoms with E-state index >= 15 is 0 Å². The number of aliphatic carboxylic acids is 1. The van der Waals surface area contributed by atoms with Gasteiger partial charge in [0.1, 0.15) is 18.6 Å². The lowest BCUT2D eigenvalue weighted by molar-refractivity contribution is -0.138. The molecule has 1 aromatic rings. The first-order valence-electron chi connectivity index (χ1n) is 7.24. The van der Waals surface area contributed by atoms with Crippen LogP contribution in [-0.2, 0) is 25.6 Å². The van der Waals surface area contributed by atoms with E-state index < -0.39 is 42.3 Å². The average molecular weight is 372 g/mol. The number of nitrogens with zero attached hydrogens (tertiary/aromatic N) is 1. The standard InChI is InChI=1S/C13H20N6O5S/c14-2-10(20)18-9(5-25)13(24)19-8(1-7-3-15-6-17-7)12(23)16-4-11(21)22/h3,6,8-9,25H,1-2,4-5,14H2,(H,15,17)(H,16,23)(H,18,20)(H,19,24)(H,21,22). The molecule has 0 aromatic carbocycles. The summed E-state index contributed by atoms with van der Waals surface area (Å²) in [5, 5.41) is 15.7. The summed E-state index contributed by atoms with van der Waals surface area (Å²) in [6.07, 6.45) is 2.93. The van der Waals surface area contributed by atoms with E-state index in [9.17, 15) is 19.2 Å². The molecule has 12 heteroatoms. The van der Waals surface area contributed by atoms with Crippen molar-refractivity contribution in [3.05, 3.63) is 18.2 Å². The highest BCUT2D eigenvalue weighted by molar-refractivity contribution is 7.80. The molecule has 138 valence electrons. The van der Waals surface area contributed by atoms with E-state index in [-0.39, 0.29) is 18.7 Å². The fourth-order valence-corrected chi connectivity index (χ4v) is 2.09. The number of imidazole rings is 1. The van der Waals surface area contributed by atoms with E-state index in [4.69, 9.17) is 10.8 Å². The van der Waals surface area contributed by atoms with E-state index in [1.54, 1.807) is 0 Å². The lowest BCUT2D eigenvalue weighted by Crippen LogP contribution is -2.56.